The largest absolute Gasteiger partial charge is 0.395 e. The SMILES string of the molecule is CCc1nn(C)c(C(=O)N2CC(O)(C3CC3)C2)c1N. The Labute approximate surface area is 112 Å². The summed E-state index contributed by atoms with van der Waals surface area (Å²) in [5, 5.41) is 14.5. The van der Waals surface area contributed by atoms with E-state index in [-0.39, 0.29) is 5.91 Å². The molecule has 19 heavy (non-hydrogen) atoms. The second-order valence-electron chi connectivity index (χ2n) is 5.73. The van der Waals surface area contributed by atoms with Crippen molar-refractivity contribution >= 4 is 11.6 Å². The molecule has 3 N–H and O–H groups in total. The van der Waals surface area contributed by atoms with Crippen molar-refractivity contribution in [2.45, 2.75) is 31.8 Å². The van der Waals surface area contributed by atoms with E-state index in [9.17, 15) is 9.90 Å². The summed E-state index contributed by atoms with van der Waals surface area (Å²) >= 11 is 0. The number of amides is 1. The smallest absolute Gasteiger partial charge is 0.274 e. The van der Waals surface area contributed by atoms with Gasteiger partial charge in [0, 0.05) is 7.05 Å². The van der Waals surface area contributed by atoms with E-state index in [0.29, 0.717) is 36.8 Å². The van der Waals surface area contributed by atoms with Crippen LogP contribution in [-0.2, 0) is 13.5 Å². The number of β-amino-alcohol motifs (C(OH)–C–C–N with tert-alkyl or cyclic N) is 1. The van der Waals surface area contributed by atoms with Crippen LogP contribution in [0.1, 0.15) is 35.9 Å². The van der Waals surface area contributed by atoms with E-state index in [1.54, 1.807) is 16.6 Å². The zero-order chi connectivity index (χ0) is 13.8. The maximum Gasteiger partial charge on any atom is 0.274 e. The lowest BCUT2D eigenvalue weighted by Crippen LogP contribution is -2.64. The molecule has 1 aromatic heterocycles. The molecule has 0 radical (unpaired) electrons. The topological polar surface area (TPSA) is 84.4 Å². The average molecular weight is 264 g/mol. The molecule has 6 nitrogen and oxygen atoms in total. The van der Waals surface area contributed by atoms with Crippen LogP contribution in [0.5, 0.6) is 0 Å². The Morgan fingerprint density at radius 3 is 2.63 bits per heavy atom. The Kier molecular flexibility index (Phi) is 2.60. The molecule has 3 rings (SSSR count). The number of hydrogen-bond acceptors (Lipinski definition) is 4. The van der Waals surface area contributed by atoms with Gasteiger partial charge in [-0.25, -0.2) is 0 Å². The summed E-state index contributed by atoms with van der Waals surface area (Å²) in [5.74, 6) is 0.254. The minimum Gasteiger partial charge on any atom is -0.395 e. The molecule has 6 heteroatoms. The Hall–Kier alpha value is -1.56. The quantitative estimate of drug-likeness (QED) is 0.814. The summed E-state index contributed by atoms with van der Waals surface area (Å²) < 4.78 is 1.55. The van der Waals surface area contributed by atoms with Crippen molar-refractivity contribution in [1.82, 2.24) is 14.7 Å². The summed E-state index contributed by atoms with van der Waals surface area (Å²) in [7, 11) is 1.73. The monoisotopic (exact) mass is 264 g/mol. The second-order valence-corrected chi connectivity index (χ2v) is 5.73. The molecule has 0 atom stereocenters. The van der Waals surface area contributed by atoms with Gasteiger partial charge in [-0.2, -0.15) is 5.10 Å². The van der Waals surface area contributed by atoms with Gasteiger partial charge in [0.05, 0.1) is 24.5 Å². The van der Waals surface area contributed by atoms with Gasteiger partial charge in [0.15, 0.2) is 0 Å². The lowest BCUT2D eigenvalue weighted by Gasteiger charge is -2.46. The third-order valence-corrected chi connectivity index (χ3v) is 4.25. The fourth-order valence-electron chi connectivity index (χ4n) is 2.90. The predicted octanol–water partition coefficient (Wildman–Crippen LogP) is 0.162. The van der Waals surface area contributed by atoms with Gasteiger partial charge in [-0.05, 0) is 25.2 Å². The molecule has 0 aromatic carbocycles. The normalized spacial score (nSPS) is 21.3. The lowest BCUT2D eigenvalue weighted by atomic mass is 9.88. The Morgan fingerprint density at radius 1 is 1.53 bits per heavy atom. The molecule has 1 aromatic rings. The van der Waals surface area contributed by atoms with Gasteiger partial charge in [0.2, 0.25) is 0 Å². The Balaban J connectivity index is 1.77. The highest BCUT2D eigenvalue weighted by molar-refractivity contribution is 5.98. The molecule has 1 saturated carbocycles. The third kappa shape index (κ3) is 1.82. The van der Waals surface area contributed by atoms with Crippen LogP contribution in [-0.4, -0.2) is 44.4 Å². The lowest BCUT2D eigenvalue weighted by molar-refractivity contribution is -0.0960. The number of nitrogens with zero attached hydrogens (tertiary/aromatic N) is 3. The van der Waals surface area contributed by atoms with Crippen LogP contribution >= 0.6 is 0 Å². The summed E-state index contributed by atoms with van der Waals surface area (Å²) in [4.78, 5) is 14.1. The van der Waals surface area contributed by atoms with E-state index in [4.69, 9.17) is 5.73 Å². The van der Waals surface area contributed by atoms with Crippen LogP contribution in [0.4, 0.5) is 5.69 Å². The molecule has 0 spiro atoms. The number of anilines is 1. The summed E-state index contributed by atoms with van der Waals surface area (Å²) in [6, 6.07) is 0. The second kappa shape index (κ2) is 3.96. The van der Waals surface area contributed by atoms with Gasteiger partial charge in [0.1, 0.15) is 11.3 Å². The molecule has 0 unspecified atom stereocenters. The standard InChI is InChI=1S/C13H20N4O2/c1-3-9-10(14)11(16(2)15-9)12(18)17-6-13(19,7-17)8-4-5-8/h8,19H,3-7,14H2,1-2H3. The molecule has 1 amide bonds. The highest BCUT2D eigenvalue weighted by Crippen LogP contribution is 2.44. The number of hydrogen-bond donors (Lipinski definition) is 2. The van der Waals surface area contributed by atoms with Crippen LogP contribution in [0, 0.1) is 5.92 Å². The van der Waals surface area contributed by atoms with Crippen LogP contribution < -0.4 is 5.73 Å². The first-order valence-electron chi connectivity index (χ1n) is 6.79. The zero-order valence-corrected chi connectivity index (χ0v) is 11.4. The molecule has 2 heterocycles. The molecule has 0 bridgehead atoms. The van der Waals surface area contributed by atoms with Crippen LogP contribution in [0.3, 0.4) is 0 Å². The first-order chi connectivity index (χ1) is 8.96. The highest BCUT2D eigenvalue weighted by Gasteiger charge is 2.53. The number of likely N-dealkylation sites (tertiary alicyclic amines) is 1. The number of carbonyl (C=O) groups is 1. The molecule has 1 aliphatic carbocycles. The maximum absolute atomic E-state index is 12.4. The van der Waals surface area contributed by atoms with E-state index < -0.39 is 5.60 Å². The zero-order valence-electron chi connectivity index (χ0n) is 11.4. The molecular weight excluding hydrogens is 244 g/mol. The third-order valence-electron chi connectivity index (χ3n) is 4.25. The van der Waals surface area contributed by atoms with E-state index >= 15 is 0 Å². The minimum atomic E-state index is -0.656. The van der Waals surface area contributed by atoms with Crippen molar-refractivity contribution < 1.29 is 9.90 Å². The van der Waals surface area contributed by atoms with Crippen molar-refractivity contribution in [3.63, 3.8) is 0 Å². The van der Waals surface area contributed by atoms with Crippen LogP contribution in [0.15, 0.2) is 0 Å². The fraction of sp³-hybridized carbons (Fsp3) is 0.692. The molecule has 2 fully saturated rings. The van der Waals surface area contributed by atoms with Crippen LogP contribution in [0.2, 0.25) is 0 Å². The van der Waals surface area contributed by atoms with Gasteiger partial charge in [0.25, 0.3) is 5.91 Å². The number of aliphatic hydroxyl groups is 1. The fourth-order valence-corrected chi connectivity index (χ4v) is 2.90. The number of aromatic nitrogens is 2. The van der Waals surface area contributed by atoms with Gasteiger partial charge >= 0.3 is 0 Å². The first-order valence-corrected chi connectivity index (χ1v) is 6.79. The van der Waals surface area contributed by atoms with Gasteiger partial charge < -0.3 is 15.7 Å². The van der Waals surface area contributed by atoms with Gasteiger partial charge in [-0.15, -0.1) is 0 Å². The number of nitrogen functional groups attached to an aromatic ring is 1. The minimum absolute atomic E-state index is 0.127. The number of nitrogens with two attached hydrogens (primary N) is 1. The molecule has 1 saturated heterocycles. The molecular formula is C13H20N4O2. The number of carbonyl (C=O) groups excluding carboxylic acids is 1. The Morgan fingerprint density at radius 2 is 2.16 bits per heavy atom. The van der Waals surface area contributed by atoms with Crippen molar-refractivity contribution in [3.05, 3.63) is 11.4 Å². The summed E-state index contributed by atoms with van der Waals surface area (Å²) in [6.07, 6.45) is 2.86. The maximum atomic E-state index is 12.4. The van der Waals surface area contributed by atoms with E-state index in [0.717, 1.165) is 18.5 Å². The van der Waals surface area contributed by atoms with Crippen molar-refractivity contribution in [2.75, 3.05) is 18.8 Å². The molecule has 1 aliphatic heterocycles. The number of aryl methyl sites for hydroxylation is 2. The van der Waals surface area contributed by atoms with Crippen LogP contribution in [0.25, 0.3) is 0 Å². The van der Waals surface area contributed by atoms with Crippen molar-refractivity contribution in [3.8, 4) is 0 Å². The van der Waals surface area contributed by atoms with Gasteiger partial charge in [-0.3, -0.25) is 9.48 Å². The molecule has 2 aliphatic rings. The predicted molar refractivity (Wildman–Crippen MR) is 70.6 cm³/mol. The van der Waals surface area contributed by atoms with Crippen molar-refractivity contribution in [1.29, 1.82) is 0 Å². The summed E-state index contributed by atoms with van der Waals surface area (Å²) in [5.41, 5.74) is 6.98. The van der Waals surface area contributed by atoms with E-state index in [1.807, 2.05) is 6.92 Å². The first kappa shape index (κ1) is 12.5. The Bertz CT molecular complexity index is 527. The van der Waals surface area contributed by atoms with E-state index in [1.165, 1.54) is 0 Å². The van der Waals surface area contributed by atoms with E-state index in [2.05, 4.69) is 5.10 Å². The van der Waals surface area contributed by atoms with Gasteiger partial charge in [-0.1, -0.05) is 6.92 Å². The highest BCUT2D eigenvalue weighted by atomic mass is 16.3. The average Bonchev–Trinajstić information content (AvgIpc) is 3.12. The molecule has 104 valence electrons. The number of rotatable bonds is 3. The summed E-state index contributed by atoms with van der Waals surface area (Å²) in [6.45, 7) is 2.80. The van der Waals surface area contributed by atoms with Crippen molar-refractivity contribution in [2.24, 2.45) is 13.0 Å².